The van der Waals surface area contributed by atoms with Gasteiger partial charge in [0.2, 0.25) is 0 Å². The molecule has 1 saturated carbocycles. The summed E-state index contributed by atoms with van der Waals surface area (Å²) in [7, 11) is 0. The number of fused-ring (bicyclic) bond motifs is 1. The molecule has 1 heterocycles. The third-order valence-corrected chi connectivity index (χ3v) is 3.63. The maximum Gasteiger partial charge on any atom is 0.319 e. The van der Waals surface area contributed by atoms with Gasteiger partial charge in [0.1, 0.15) is 5.52 Å². The van der Waals surface area contributed by atoms with Gasteiger partial charge in [-0.2, -0.15) is 0 Å². The second-order valence-electron chi connectivity index (χ2n) is 5.41. The highest BCUT2D eigenvalue weighted by Crippen LogP contribution is 2.20. The molecule has 6 nitrogen and oxygen atoms in total. The molecule has 0 bridgehead atoms. The molecule has 0 spiro atoms. The van der Waals surface area contributed by atoms with Crippen molar-refractivity contribution in [1.82, 2.24) is 20.3 Å². The summed E-state index contributed by atoms with van der Waals surface area (Å²) in [5.41, 5.74) is 3.47. The van der Waals surface area contributed by atoms with Crippen LogP contribution in [-0.4, -0.2) is 27.1 Å². The first-order valence-corrected chi connectivity index (χ1v) is 7.28. The van der Waals surface area contributed by atoms with Gasteiger partial charge in [0.15, 0.2) is 0 Å². The lowest BCUT2D eigenvalue weighted by molar-refractivity contribution is 0.251. The fourth-order valence-corrected chi connectivity index (χ4v) is 2.33. The van der Waals surface area contributed by atoms with E-state index in [1.54, 1.807) is 4.68 Å². The van der Waals surface area contributed by atoms with Crippen LogP contribution in [0.15, 0.2) is 48.5 Å². The van der Waals surface area contributed by atoms with E-state index in [2.05, 4.69) is 20.9 Å². The number of hydrogen-bond acceptors (Lipinski definition) is 3. The molecule has 110 valence electrons. The molecule has 1 aliphatic rings. The molecular formula is C16H15N5O. The Kier molecular flexibility index (Phi) is 3.00. The Labute approximate surface area is 127 Å². The molecule has 22 heavy (non-hydrogen) atoms. The zero-order valence-corrected chi connectivity index (χ0v) is 11.9. The fraction of sp³-hybridized carbons (Fsp3) is 0.188. The van der Waals surface area contributed by atoms with E-state index >= 15 is 0 Å². The van der Waals surface area contributed by atoms with Crippen LogP contribution < -0.4 is 10.6 Å². The van der Waals surface area contributed by atoms with Crippen molar-refractivity contribution >= 4 is 22.8 Å². The minimum Gasteiger partial charge on any atom is -0.335 e. The van der Waals surface area contributed by atoms with Crippen LogP contribution in [0.1, 0.15) is 12.8 Å². The van der Waals surface area contributed by atoms with E-state index < -0.39 is 0 Å². The van der Waals surface area contributed by atoms with Gasteiger partial charge >= 0.3 is 6.03 Å². The molecule has 1 aromatic heterocycles. The van der Waals surface area contributed by atoms with Gasteiger partial charge in [0.25, 0.3) is 0 Å². The zero-order chi connectivity index (χ0) is 14.9. The topological polar surface area (TPSA) is 71.8 Å². The third kappa shape index (κ3) is 2.50. The maximum absolute atomic E-state index is 11.7. The van der Waals surface area contributed by atoms with Crippen LogP contribution in [0.5, 0.6) is 0 Å². The lowest BCUT2D eigenvalue weighted by atomic mass is 10.2. The number of nitrogens with one attached hydrogen (secondary N) is 2. The number of rotatable bonds is 3. The Morgan fingerprint density at radius 2 is 1.86 bits per heavy atom. The Bertz CT molecular complexity index is 820. The van der Waals surface area contributed by atoms with Crippen LogP contribution in [0.3, 0.4) is 0 Å². The standard InChI is InChI=1S/C16H15N5O/c22-16(17-11-5-6-11)18-12-7-9-13(10-8-12)21-15-4-2-1-3-14(15)19-20-21/h1-4,7-11H,5-6H2,(H2,17,18,22). The number of para-hydroxylation sites is 1. The number of anilines is 1. The predicted molar refractivity (Wildman–Crippen MR) is 84.0 cm³/mol. The fourth-order valence-electron chi connectivity index (χ4n) is 2.33. The highest BCUT2D eigenvalue weighted by atomic mass is 16.2. The lowest BCUT2D eigenvalue weighted by Gasteiger charge is -2.07. The molecule has 0 atom stereocenters. The smallest absolute Gasteiger partial charge is 0.319 e. The number of carbonyl (C=O) groups is 1. The average molecular weight is 293 g/mol. The van der Waals surface area contributed by atoms with E-state index in [1.807, 2.05) is 48.5 Å². The highest BCUT2D eigenvalue weighted by Gasteiger charge is 2.23. The molecule has 2 N–H and O–H groups in total. The molecule has 0 unspecified atom stereocenters. The third-order valence-electron chi connectivity index (χ3n) is 3.63. The number of amides is 2. The molecule has 2 aromatic carbocycles. The maximum atomic E-state index is 11.7. The van der Waals surface area contributed by atoms with E-state index in [0.29, 0.717) is 6.04 Å². The predicted octanol–water partition coefficient (Wildman–Crippen LogP) is 2.70. The second kappa shape index (κ2) is 5.14. The first kappa shape index (κ1) is 12.8. The Morgan fingerprint density at radius 1 is 1.09 bits per heavy atom. The lowest BCUT2D eigenvalue weighted by Crippen LogP contribution is -2.30. The Morgan fingerprint density at radius 3 is 2.64 bits per heavy atom. The summed E-state index contributed by atoms with van der Waals surface area (Å²) in [6, 6.07) is 15.5. The summed E-state index contributed by atoms with van der Waals surface area (Å²) < 4.78 is 1.78. The van der Waals surface area contributed by atoms with Crippen LogP contribution in [0.4, 0.5) is 10.5 Å². The Hall–Kier alpha value is -2.89. The summed E-state index contributed by atoms with van der Waals surface area (Å²) in [6.07, 6.45) is 2.15. The number of urea groups is 1. The van der Waals surface area contributed by atoms with Gasteiger partial charge in [0.05, 0.1) is 11.2 Å². The van der Waals surface area contributed by atoms with E-state index in [4.69, 9.17) is 0 Å². The summed E-state index contributed by atoms with van der Waals surface area (Å²) >= 11 is 0. The number of carbonyl (C=O) groups excluding carboxylic acids is 1. The van der Waals surface area contributed by atoms with Crippen molar-refractivity contribution in [2.75, 3.05) is 5.32 Å². The summed E-state index contributed by atoms with van der Waals surface area (Å²) in [6.45, 7) is 0. The van der Waals surface area contributed by atoms with Crippen molar-refractivity contribution in [3.63, 3.8) is 0 Å². The molecule has 0 saturated heterocycles. The van der Waals surface area contributed by atoms with Crippen molar-refractivity contribution in [2.45, 2.75) is 18.9 Å². The van der Waals surface area contributed by atoms with Crippen LogP contribution in [0.2, 0.25) is 0 Å². The van der Waals surface area contributed by atoms with Gasteiger partial charge in [-0.1, -0.05) is 17.3 Å². The first-order valence-electron chi connectivity index (χ1n) is 7.28. The van der Waals surface area contributed by atoms with Crippen molar-refractivity contribution < 1.29 is 4.79 Å². The first-order chi connectivity index (χ1) is 10.8. The van der Waals surface area contributed by atoms with Gasteiger partial charge in [-0.15, -0.1) is 5.10 Å². The van der Waals surface area contributed by atoms with Gasteiger partial charge in [-0.25, -0.2) is 9.48 Å². The monoisotopic (exact) mass is 293 g/mol. The van der Waals surface area contributed by atoms with Crippen LogP contribution in [0.25, 0.3) is 16.7 Å². The number of aromatic nitrogens is 3. The van der Waals surface area contributed by atoms with E-state index in [0.717, 1.165) is 35.2 Å². The highest BCUT2D eigenvalue weighted by molar-refractivity contribution is 5.89. The minimum atomic E-state index is -0.151. The normalized spacial score (nSPS) is 14.0. The number of hydrogen-bond donors (Lipinski definition) is 2. The van der Waals surface area contributed by atoms with Crippen LogP contribution in [-0.2, 0) is 0 Å². The van der Waals surface area contributed by atoms with Crippen LogP contribution >= 0.6 is 0 Å². The molecule has 2 amide bonds. The molecular weight excluding hydrogens is 278 g/mol. The number of benzene rings is 2. The molecule has 1 aliphatic carbocycles. The largest absolute Gasteiger partial charge is 0.335 e. The molecule has 0 radical (unpaired) electrons. The van der Waals surface area contributed by atoms with Gasteiger partial charge in [-0.3, -0.25) is 0 Å². The zero-order valence-electron chi connectivity index (χ0n) is 11.9. The van der Waals surface area contributed by atoms with Crippen LogP contribution in [0, 0.1) is 0 Å². The second-order valence-corrected chi connectivity index (χ2v) is 5.41. The van der Waals surface area contributed by atoms with Gasteiger partial charge in [0, 0.05) is 11.7 Å². The quantitative estimate of drug-likeness (QED) is 0.780. The van der Waals surface area contributed by atoms with Crippen molar-refractivity contribution in [3.05, 3.63) is 48.5 Å². The van der Waals surface area contributed by atoms with Crippen molar-refractivity contribution in [2.24, 2.45) is 0 Å². The summed E-state index contributed by atoms with van der Waals surface area (Å²) in [5, 5.41) is 14.0. The van der Waals surface area contributed by atoms with Crippen molar-refractivity contribution in [1.29, 1.82) is 0 Å². The molecule has 3 aromatic rings. The van der Waals surface area contributed by atoms with E-state index in [9.17, 15) is 4.79 Å². The number of nitrogens with zero attached hydrogens (tertiary/aromatic N) is 3. The molecule has 6 heteroatoms. The van der Waals surface area contributed by atoms with Crippen molar-refractivity contribution in [3.8, 4) is 5.69 Å². The van der Waals surface area contributed by atoms with E-state index in [-0.39, 0.29) is 6.03 Å². The molecule has 1 fully saturated rings. The summed E-state index contributed by atoms with van der Waals surface area (Å²) in [5.74, 6) is 0. The minimum absolute atomic E-state index is 0.151. The summed E-state index contributed by atoms with van der Waals surface area (Å²) in [4.78, 5) is 11.7. The molecule has 0 aliphatic heterocycles. The average Bonchev–Trinajstić information content (AvgIpc) is 3.24. The van der Waals surface area contributed by atoms with Gasteiger partial charge in [-0.05, 0) is 49.2 Å². The van der Waals surface area contributed by atoms with E-state index in [1.165, 1.54) is 0 Å². The van der Waals surface area contributed by atoms with Gasteiger partial charge < -0.3 is 10.6 Å². The SMILES string of the molecule is O=C(Nc1ccc(-n2nnc3ccccc32)cc1)NC1CC1. The Balaban J connectivity index is 1.54. The molecule has 4 rings (SSSR count).